The van der Waals surface area contributed by atoms with Crippen LogP contribution >= 0.6 is 11.6 Å². The van der Waals surface area contributed by atoms with Crippen molar-refractivity contribution in [2.24, 2.45) is 0 Å². The molecule has 0 bridgehead atoms. The molecule has 2 atom stereocenters. The number of rotatable bonds is 8. The van der Waals surface area contributed by atoms with Crippen molar-refractivity contribution in [3.63, 3.8) is 0 Å². The summed E-state index contributed by atoms with van der Waals surface area (Å²) in [5.74, 6) is 0.577. The minimum absolute atomic E-state index is 0.00906. The predicted molar refractivity (Wildman–Crippen MR) is 149 cm³/mol. The summed E-state index contributed by atoms with van der Waals surface area (Å²) in [6.45, 7) is 16.3. The highest BCUT2D eigenvalue weighted by atomic mass is 35.5. The molecule has 0 radical (unpaired) electrons. The third-order valence-corrected chi connectivity index (χ3v) is 11.8. The molecule has 0 fully saturated rings. The summed E-state index contributed by atoms with van der Waals surface area (Å²) >= 11 is 6.44. The van der Waals surface area contributed by atoms with Crippen molar-refractivity contribution in [1.82, 2.24) is 10.2 Å². The summed E-state index contributed by atoms with van der Waals surface area (Å²) < 4.78 is 12.8. The summed E-state index contributed by atoms with van der Waals surface area (Å²) in [4.78, 5) is 11.3. The molecule has 0 aliphatic rings. The van der Waals surface area contributed by atoms with Gasteiger partial charge in [-0.2, -0.15) is 5.26 Å². The highest BCUT2D eigenvalue weighted by molar-refractivity contribution is 6.74. The minimum Gasteiger partial charge on any atom is -0.418 e. The Morgan fingerprint density at radius 1 is 1.16 bits per heavy atom. The smallest absolute Gasteiger partial charge is 0.247 e. The number of benzene rings is 2. The number of hydrogen-bond donors (Lipinski definition) is 2. The van der Waals surface area contributed by atoms with Gasteiger partial charge >= 0.3 is 0 Å². The fraction of sp³-hybridized carbons (Fsp3) is 0.407. The van der Waals surface area contributed by atoms with Gasteiger partial charge in [-0.05, 0) is 73.9 Å². The quantitative estimate of drug-likeness (QED) is 0.293. The topological polar surface area (TPSA) is 113 Å². The van der Waals surface area contributed by atoms with E-state index in [2.05, 4.69) is 60.8 Å². The summed E-state index contributed by atoms with van der Waals surface area (Å²) in [6.07, 6.45) is -0.315. The van der Waals surface area contributed by atoms with Gasteiger partial charge in [0.1, 0.15) is 12.1 Å². The van der Waals surface area contributed by atoms with Gasteiger partial charge in [0.05, 0.1) is 16.7 Å². The summed E-state index contributed by atoms with van der Waals surface area (Å²) in [5, 5.41) is 24.6. The molecule has 0 saturated heterocycles. The number of amides is 1. The van der Waals surface area contributed by atoms with Crippen LogP contribution in [-0.4, -0.2) is 30.5 Å². The molecule has 8 nitrogen and oxygen atoms in total. The molecule has 2 N–H and O–H groups in total. The van der Waals surface area contributed by atoms with Gasteiger partial charge in [-0.25, -0.2) is 0 Å². The molecule has 1 aromatic heterocycles. The van der Waals surface area contributed by atoms with Gasteiger partial charge < -0.3 is 19.5 Å². The first-order valence-corrected chi connectivity index (χ1v) is 15.4. The van der Waals surface area contributed by atoms with Gasteiger partial charge in [0, 0.05) is 23.9 Å². The average molecular weight is 540 g/mol. The van der Waals surface area contributed by atoms with Gasteiger partial charge in [0.15, 0.2) is 8.32 Å². The average Bonchev–Trinajstić information content (AvgIpc) is 3.29. The maximum atomic E-state index is 11.3. The van der Waals surface area contributed by atoms with Crippen molar-refractivity contribution in [2.75, 3.05) is 10.6 Å². The molecule has 3 rings (SSSR count). The largest absolute Gasteiger partial charge is 0.418 e. The molecular formula is C27H34ClN5O3Si. The second kappa shape index (κ2) is 11.0. The van der Waals surface area contributed by atoms with Crippen LogP contribution < -0.4 is 10.6 Å². The fourth-order valence-corrected chi connectivity index (χ4v) is 5.19. The van der Waals surface area contributed by atoms with E-state index in [1.807, 2.05) is 32.0 Å². The van der Waals surface area contributed by atoms with E-state index in [1.54, 1.807) is 18.2 Å². The molecule has 0 unspecified atom stereocenters. The highest BCUT2D eigenvalue weighted by Crippen LogP contribution is 2.40. The Morgan fingerprint density at radius 2 is 1.81 bits per heavy atom. The first-order valence-electron chi connectivity index (χ1n) is 12.1. The zero-order valence-electron chi connectivity index (χ0n) is 22.6. The number of nitrogens with zero attached hydrogens (tertiary/aromatic N) is 3. The van der Waals surface area contributed by atoms with Crippen LogP contribution in [0.25, 0.3) is 11.5 Å². The first kappa shape index (κ1) is 28.4. The van der Waals surface area contributed by atoms with Gasteiger partial charge in [-0.15, -0.1) is 10.2 Å². The lowest BCUT2D eigenvalue weighted by Gasteiger charge is -2.40. The maximum Gasteiger partial charge on any atom is 0.247 e. The number of aromatic nitrogens is 2. The van der Waals surface area contributed by atoms with Crippen LogP contribution in [0.3, 0.4) is 0 Å². The number of carbonyl (C=O) groups excluding carboxylic acids is 1. The van der Waals surface area contributed by atoms with Crippen LogP contribution in [0.2, 0.25) is 23.2 Å². The third kappa shape index (κ3) is 6.58. The Balaban J connectivity index is 1.97. The van der Waals surface area contributed by atoms with E-state index in [0.717, 1.165) is 16.8 Å². The molecule has 1 heterocycles. The molecule has 1 amide bonds. The molecule has 0 aliphatic heterocycles. The van der Waals surface area contributed by atoms with E-state index in [9.17, 15) is 10.1 Å². The molecular weight excluding hydrogens is 506 g/mol. The van der Waals surface area contributed by atoms with Crippen molar-refractivity contribution < 1.29 is 13.6 Å². The Hall–Kier alpha value is -3.19. The van der Waals surface area contributed by atoms with Crippen molar-refractivity contribution in [3.8, 4) is 17.5 Å². The number of nitriles is 1. The van der Waals surface area contributed by atoms with E-state index >= 15 is 0 Å². The van der Waals surface area contributed by atoms with Crippen LogP contribution in [0.4, 0.5) is 11.4 Å². The van der Waals surface area contributed by atoms with Crippen molar-refractivity contribution >= 4 is 37.2 Å². The highest BCUT2D eigenvalue weighted by Gasteiger charge is 2.41. The summed E-state index contributed by atoms with van der Waals surface area (Å²) in [5.41, 5.74) is 3.31. The Labute approximate surface area is 224 Å². The van der Waals surface area contributed by atoms with E-state index < -0.39 is 14.4 Å². The molecule has 3 aromatic rings. The first-order chi connectivity index (χ1) is 17.2. The normalized spacial score (nSPS) is 13.5. The number of anilines is 2. The molecule has 37 heavy (non-hydrogen) atoms. The van der Waals surface area contributed by atoms with Crippen LogP contribution in [-0.2, 0) is 9.22 Å². The van der Waals surface area contributed by atoms with Gasteiger partial charge in [-0.1, -0.05) is 32.4 Å². The minimum atomic E-state index is -2.13. The number of halogens is 1. The number of nitrogens with one attached hydrogen (secondary N) is 2. The fourth-order valence-electron chi connectivity index (χ4n) is 3.56. The molecule has 0 aliphatic carbocycles. The lowest BCUT2D eigenvalue weighted by molar-refractivity contribution is -0.114. The molecule has 10 heteroatoms. The van der Waals surface area contributed by atoms with Crippen LogP contribution in [0.1, 0.15) is 57.7 Å². The predicted octanol–water partition coefficient (Wildman–Crippen LogP) is 7.09. The summed E-state index contributed by atoms with van der Waals surface area (Å²) in [7, 11) is -2.13. The van der Waals surface area contributed by atoms with Gasteiger partial charge in [0.2, 0.25) is 17.7 Å². The van der Waals surface area contributed by atoms with Crippen molar-refractivity contribution in [3.05, 3.63) is 58.4 Å². The number of hydrogen-bond acceptors (Lipinski definition) is 7. The molecule has 0 spiro atoms. The monoisotopic (exact) mass is 539 g/mol. The van der Waals surface area contributed by atoms with E-state index in [0.29, 0.717) is 28.1 Å². The molecule has 0 saturated carbocycles. The lowest BCUT2D eigenvalue weighted by Crippen LogP contribution is -2.45. The second-order valence-corrected chi connectivity index (χ2v) is 15.8. The van der Waals surface area contributed by atoms with Gasteiger partial charge in [-0.3, -0.25) is 4.79 Å². The van der Waals surface area contributed by atoms with E-state index in [-0.39, 0.29) is 17.0 Å². The van der Waals surface area contributed by atoms with Crippen molar-refractivity contribution in [2.45, 2.75) is 71.8 Å². The maximum absolute atomic E-state index is 11.3. The van der Waals surface area contributed by atoms with E-state index in [1.165, 1.54) is 6.92 Å². The Kier molecular flexibility index (Phi) is 8.47. The Bertz CT molecular complexity index is 1310. The number of carbonyl (C=O) groups is 1. The van der Waals surface area contributed by atoms with Crippen molar-refractivity contribution in [1.29, 1.82) is 5.26 Å². The standard InChI is InChI=1S/C27H34ClN5O3Si/c1-16-22(14-11-20(15-29)23(16)28)31-24(17(2)36-37(7,8)27(4,5)6)26-33-32-25(35-26)19-9-12-21(13-10-19)30-18(3)34/h9-14,17,24,31H,1-8H3,(H,30,34)/t17-,24+/m0/s1. The molecule has 196 valence electrons. The zero-order chi connectivity index (χ0) is 27.5. The van der Waals surface area contributed by atoms with Crippen LogP contribution in [0, 0.1) is 18.3 Å². The van der Waals surface area contributed by atoms with Gasteiger partial charge in [0.25, 0.3) is 0 Å². The molecule has 2 aromatic carbocycles. The van der Waals surface area contributed by atoms with Crippen LogP contribution in [0.5, 0.6) is 0 Å². The second-order valence-electron chi connectivity index (χ2n) is 10.6. The lowest BCUT2D eigenvalue weighted by atomic mass is 10.1. The third-order valence-electron chi connectivity index (χ3n) is 6.73. The summed E-state index contributed by atoms with van der Waals surface area (Å²) in [6, 6.07) is 12.3. The SMILES string of the molecule is CC(=O)Nc1ccc(-c2nnc([C@H](Nc3ccc(C#N)c(Cl)c3C)[C@H](C)O[Si](C)(C)C(C)(C)C)o2)cc1. The van der Waals surface area contributed by atoms with E-state index in [4.69, 9.17) is 20.4 Å². The Morgan fingerprint density at radius 3 is 2.38 bits per heavy atom. The van der Waals surface area contributed by atoms with Crippen LogP contribution in [0.15, 0.2) is 40.8 Å². The zero-order valence-corrected chi connectivity index (χ0v) is 24.3.